The lowest BCUT2D eigenvalue weighted by atomic mass is 10.1. The first-order chi connectivity index (χ1) is 16.8. The van der Waals surface area contributed by atoms with E-state index in [1.807, 2.05) is 4.90 Å². The summed E-state index contributed by atoms with van der Waals surface area (Å²) in [7, 11) is -3.37. The second-order valence-corrected chi connectivity index (χ2v) is 11.0. The predicted octanol–water partition coefficient (Wildman–Crippen LogP) is 3.59. The van der Waals surface area contributed by atoms with Gasteiger partial charge in [0.1, 0.15) is 10.6 Å². The molecule has 4 aromatic rings. The number of carbonyl (C=O) groups excluding carboxylic acids is 2. The number of sulfone groups is 1. The van der Waals surface area contributed by atoms with E-state index in [-0.39, 0.29) is 16.6 Å². The van der Waals surface area contributed by atoms with E-state index in [0.29, 0.717) is 59.0 Å². The monoisotopic (exact) mass is 511 g/mol. The van der Waals surface area contributed by atoms with Crippen LogP contribution in [0.5, 0.6) is 0 Å². The zero-order valence-corrected chi connectivity index (χ0v) is 20.3. The summed E-state index contributed by atoms with van der Waals surface area (Å²) in [6.45, 7) is 2.08. The van der Waals surface area contributed by atoms with Crippen LogP contribution in [0.2, 0.25) is 0 Å². The van der Waals surface area contributed by atoms with Crippen molar-refractivity contribution in [3.63, 3.8) is 0 Å². The number of amides is 1. The van der Waals surface area contributed by atoms with Crippen LogP contribution in [-0.4, -0.2) is 62.4 Å². The van der Waals surface area contributed by atoms with E-state index >= 15 is 0 Å². The molecule has 0 bridgehead atoms. The Morgan fingerprint density at radius 2 is 1.63 bits per heavy atom. The van der Waals surface area contributed by atoms with E-state index in [1.54, 1.807) is 29.2 Å². The summed E-state index contributed by atoms with van der Waals surface area (Å²) < 4.78 is 34.3. The molecule has 0 aliphatic carbocycles. The second-order valence-electron chi connectivity index (χ2n) is 8.03. The maximum Gasteiger partial charge on any atom is 0.289 e. The topological polar surface area (TPSA) is 114 Å². The Balaban J connectivity index is 1.40. The van der Waals surface area contributed by atoms with Gasteiger partial charge in [-0.2, -0.15) is 0 Å². The molecule has 0 saturated carbocycles. The highest BCUT2D eigenvalue weighted by Gasteiger charge is 2.28. The highest BCUT2D eigenvalue weighted by atomic mass is 32.2. The van der Waals surface area contributed by atoms with E-state index < -0.39 is 9.84 Å². The minimum atomic E-state index is -3.37. The van der Waals surface area contributed by atoms with Gasteiger partial charge in [-0.3, -0.25) is 9.59 Å². The SMILES string of the molecule is CS(=O)(=O)c1ccc(C(=O)c2sc(N3CCN(C(=O)c4ccco4)CC3)nc2-c2ccco2)cc1. The first kappa shape index (κ1) is 23.1. The molecule has 0 spiro atoms. The molecule has 1 saturated heterocycles. The van der Waals surface area contributed by atoms with Gasteiger partial charge in [0.05, 0.1) is 17.4 Å². The van der Waals surface area contributed by atoms with Crippen LogP contribution < -0.4 is 4.90 Å². The normalized spacial score (nSPS) is 14.3. The molecule has 1 aliphatic rings. The zero-order valence-electron chi connectivity index (χ0n) is 18.7. The Morgan fingerprint density at radius 1 is 0.943 bits per heavy atom. The summed E-state index contributed by atoms with van der Waals surface area (Å²) in [4.78, 5) is 35.0. The molecule has 0 radical (unpaired) electrons. The van der Waals surface area contributed by atoms with Crippen molar-refractivity contribution in [1.82, 2.24) is 9.88 Å². The number of thiazole rings is 1. The van der Waals surface area contributed by atoms with Crippen LogP contribution in [-0.2, 0) is 9.84 Å². The third-order valence-corrected chi connectivity index (χ3v) is 7.93. The molecule has 1 aromatic carbocycles. The Labute approximate surface area is 205 Å². The minimum Gasteiger partial charge on any atom is -0.463 e. The molecule has 11 heteroatoms. The summed E-state index contributed by atoms with van der Waals surface area (Å²) in [6, 6.07) is 12.6. The lowest BCUT2D eigenvalue weighted by molar-refractivity contribution is 0.0714. The van der Waals surface area contributed by atoms with Gasteiger partial charge in [0.2, 0.25) is 5.78 Å². The molecule has 5 rings (SSSR count). The van der Waals surface area contributed by atoms with Crippen molar-refractivity contribution < 1.29 is 26.8 Å². The largest absolute Gasteiger partial charge is 0.463 e. The number of benzene rings is 1. The fraction of sp³-hybridized carbons (Fsp3) is 0.208. The molecular weight excluding hydrogens is 490 g/mol. The van der Waals surface area contributed by atoms with Gasteiger partial charge in [-0.15, -0.1) is 0 Å². The Bertz CT molecular complexity index is 1450. The molecule has 4 heterocycles. The van der Waals surface area contributed by atoms with Gasteiger partial charge in [-0.05, 0) is 48.5 Å². The second kappa shape index (κ2) is 9.16. The minimum absolute atomic E-state index is 0.146. The van der Waals surface area contributed by atoms with Crippen molar-refractivity contribution in [1.29, 1.82) is 0 Å². The van der Waals surface area contributed by atoms with Gasteiger partial charge in [-0.25, -0.2) is 13.4 Å². The lowest BCUT2D eigenvalue weighted by Gasteiger charge is -2.34. The molecular formula is C24H21N3O6S2. The average molecular weight is 512 g/mol. The van der Waals surface area contributed by atoms with Crippen molar-refractivity contribution >= 4 is 38.0 Å². The van der Waals surface area contributed by atoms with E-state index in [0.717, 1.165) is 6.26 Å². The maximum atomic E-state index is 13.4. The molecule has 3 aromatic heterocycles. The van der Waals surface area contributed by atoms with Crippen molar-refractivity contribution in [2.45, 2.75) is 4.90 Å². The van der Waals surface area contributed by atoms with Crippen molar-refractivity contribution in [2.75, 3.05) is 37.3 Å². The van der Waals surface area contributed by atoms with Gasteiger partial charge in [0, 0.05) is 38.0 Å². The molecule has 0 N–H and O–H groups in total. The quantitative estimate of drug-likeness (QED) is 0.361. The summed E-state index contributed by atoms with van der Waals surface area (Å²) >= 11 is 1.25. The first-order valence-electron chi connectivity index (χ1n) is 10.8. The predicted molar refractivity (Wildman–Crippen MR) is 130 cm³/mol. The standard InChI is InChI=1S/C24H21N3O6S2/c1-35(30,31)17-8-6-16(7-9-17)21(28)22-20(18-4-2-14-32-18)25-24(34-22)27-12-10-26(11-13-27)23(29)19-5-3-15-33-19/h2-9,14-15H,10-13H2,1H3. The maximum absolute atomic E-state index is 13.4. The van der Waals surface area contributed by atoms with E-state index in [9.17, 15) is 18.0 Å². The van der Waals surface area contributed by atoms with Gasteiger partial charge >= 0.3 is 0 Å². The fourth-order valence-corrected chi connectivity index (χ4v) is 5.53. The van der Waals surface area contributed by atoms with E-state index in [4.69, 9.17) is 13.8 Å². The number of hydrogen-bond donors (Lipinski definition) is 0. The number of aromatic nitrogens is 1. The fourth-order valence-electron chi connectivity index (χ4n) is 3.82. The zero-order chi connectivity index (χ0) is 24.6. The number of furan rings is 2. The molecule has 35 heavy (non-hydrogen) atoms. The number of hydrogen-bond acceptors (Lipinski definition) is 9. The third-order valence-electron chi connectivity index (χ3n) is 5.69. The highest BCUT2D eigenvalue weighted by Crippen LogP contribution is 2.35. The van der Waals surface area contributed by atoms with Gasteiger partial charge in [0.25, 0.3) is 5.91 Å². The molecule has 1 amide bonds. The summed E-state index contributed by atoms with van der Waals surface area (Å²) in [5.41, 5.74) is 0.788. The van der Waals surface area contributed by atoms with Crippen LogP contribution in [0, 0.1) is 0 Å². The Kier molecular flexibility index (Phi) is 6.03. The summed E-state index contributed by atoms with van der Waals surface area (Å²) in [5.74, 6) is 0.350. The van der Waals surface area contributed by atoms with Gasteiger partial charge in [-0.1, -0.05) is 11.3 Å². The number of nitrogens with zero attached hydrogens (tertiary/aromatic N) is 3. The Morgan fingerprint density at radius 3 is 2.23 bits per heavy atom. The van der Waals surface area contributed by atoms with Crippen LogP contribution in [0.4, 0.5) is 5.13 Å². The van der Waals surface area contributed by atoms with Crippen LogP contribution >= 0.6 is 11.3 Å². The van der Waals surface area contributed by atoms with Gasteiger partial charge in [0.15, 0.2) is 26.5 Å². The number of piperazine rings is 1. The van der Waals surface area contributed by atoms with Crippen LogP contribution in [0.1, 0.15) is 25.8 Å². The first-order valence-corrected chi connectivity index (χ1v) is 13.5. The third kappa shape index (κ3) is 4.64. The van der Waals surface area contributed by atoms with E-state index in [1.165, 1.54) is 48.1 Å². The van der Waals surface area contributed by atoms with Crippen LogP contribution in [0.25, 0.3) is 11.5 Å². The smallest absolute Gasteiger partial charge is 0.289 e. The molecule has 9 nitrogen and oxygen atoms in total. The molecule has 1 aliphatic heterocycles. The number of ketones is 1. The Hall–Kier alpha value is -3.70. The number of rotatable bonds is 6. The van der Waals surface area contributed by atoms with Crippen molar-refractivity contribution in [2.24, 2.45) is 0 Å². The molecule has 0 atom stereocenters. The molecule has 1 fully saturated rings. The lowest BCUT2D eigenvalue weighted by Crippen LogP contribution is -2.48. The van der Waals surface area contributed by atoms with Crippen molar-refractivity contribution in [3.8, 4) is 11.5 Å². The summed E-state index contributed by atoms with van der Waals surface area (Å²) in [5, 5.41) is 0.651. The van der Waals surface area contributed by atoms with Crippen molar-refractivity contribution in [3.05, 3.63) is 77.3 Å². The summed E-state index contributed by atoms with van der Waals surface area (Å²) in [6.07, 6.45) is 4.11. The molecule has 0 unspecified atom stereocenters. The highest BCUT2D eigenvalue weighted by molar-refractivity contribution is 7.90. The molecule has 180 valence electrons. The van der Waals surface area contributed by atoms with Gasteiger partial charge < -0.3 is 18.6 Å². The van der Waals surface area contributed by atoms with Crippen LogP contribution in [0.15, 0.2) is 74.8 Å². The number of anilines is 1. The van der Waals surface area contributed by atoms with E-state index in [2.05, 4.69) is 0 Å². The number of carbonyl (C=O) groups is 2. The average Bonchev–Trinajstić information content (AvgIpc) is 3.64. The van der Waals surface area contributed by atoms with Crippen LogP contribution in [0.3, 0.4) is 0 Å².